The number of hydrogen-bond acceptors (Lipinski definition) is 6. The number of nitrogens with two attached hydrogens (primary N) is 1. The molecule has 0 aliphatic carbocycles. The van der Waals surface area contributed by atoms with Gasteiger partial charge in [0.2, 0.25) is 5.89 Å². The van der Waals surface area contributed by atoms with Crippen molar-refractivity contribution in [2.24, 2.45) is 5.73 Å². The zero-order valence-electron chi connectivity index (χ0n) is 12.2. The van der Waals surface area contributed by atoms with Crippen LogP contribution >= 0.6 is 0 Å². The van der Waals surface area contributed by atoms with Gasteiger partial charge < -0.3 is 19.6 Å². The van der Waals surface area contributed by atoms with Crippen molar-refractivity contribution in [3.63, 3.8) is 0 Å². The van der Waals surface area contributed by atoms with E-state index in [0.717, 1.165) is 31.8 Å². The van der Waals surface area contributed by atoms with Crippen molar-refractivity contribution in [2.45, 2.75) is 38.1 Å². The summed E-state index contributed by atoms with van der Waals surface area (Å²) in [7, 11) is 0. The SMILES string of the molecule is NC(CN1CCCCC1)c1noc(CCc2ccco2)n1. The zero-order valence-corrected chi connectivity index (χ0v) is 12.2. The molecule has 6 heteroatoms. The van der Waals surface area contributed by atoms with Gasteiger partial charge in [0.05, 0.1) is 12.3 Å². The summed E-state index contributed by atoms with van der Waals surface area (Å²) in [6.07, 6.45) is 6.95. The van der Waals surface area contributed by atoms with E-state index in [-0.39, 0.29) is 6.04 Å². The Labute approximate surface area is 124 Å². The van der Waals surface area contributed by atoms with Crippen LogP contribution < -0.4 is 5.73 Å². The summed E-state index contributed by atoms with van der Waals surface area (Å²) < 4.78 is 10.6. The Hall–Kier alpha value is -1.66. The van der Waals surface area contributed by atoms with E-state index in [1.807, 2.05) is 12.1 Å². The highest BCUT2D eigenvalue weighted by molar-refractivity contribution is 5.01. The quantitative estimate of drug-likeness (QED) is 0.875. The molecule has 2 aromatic heterocycles. The Morgan fingerprint density at radius 2 is 2.10 bits per heavy atom. The summed E-state index contributed by atoms with van der Waals surface area (Å²) in [4.78, 5) is 6.79. The highest BCUT2D eigenvalue weighted by atomic mass is 16.5. The molecule has 1 fully saturated rings. The van der Waals surface area contributed by atoms with Crippen molar-refractivity contribution in [3.05, 3.63) is 35.9 Å². The minimum Gasteiger partial charge on any atom is -0.469 e. The molecule has 1 aliphatic heterocycles. The molecule has 3 rings (SSSR count). The number of rotatable bonds is 6. The Balaban J connectivity index is 1.51. The Kier molecular flexibility index (Phi) is 4.67. The fourth-order valence-electron chi connectivity index (χ4n) is 2.71. The van der Waals surface area contributed by atoms with Gasteiger partial charge in [-0.2, -0.15) is 4.98 Å². The third-order valence-electron chi connectivity index (χ3n) is 3.88. The van der Waals surface area contributed by atoms with Crippen molar-refractivity contribution in [1.29, 1.82) is 0 Å². The average molecular weight is 290 g/mol. The molecule has 114 valence electrons. The highest BCUT2D eigenvalue weighted by Crippen LogP contribution is 2.14. The fraction of sp³-hybridized carbons (Fsp3) is 0.600. The van der Waals surface area contributed by atoms with Crippen molar-refractivity contribution in [1.82, 2.24) is 15.0 Å². The first kappa shape index (κ1) is 14.3. The lowest BCUT2D eigenvalue weighted by Crippen LogP contribution is -2.36. The maximum absolute atomic E-state index is 6.18. The lowest BCUT2D eigenvalue weighted by atomic mass is 10.1. The maximum Gasteiger partial charge on any atom is 0.227 e. The van der Waals surface area contributed by atoms with Gasteiger partial charge in [0.15, 0.2) is 5.82 Å². The van der Waals surface area contributed by atoms with Gasteiger partial charge in [-0.1, -0.05) is 11.6 Å². The molecule has 2 aromatic rings. The smallest absolute Gasteiger partial charge is 0.227 e. The molecule has 1 saturated heterocycles. The first-order chi connectivity index (χ1) is 10.3. The lowest BCUT2D eigenvalue weighted by Gasteiger charge is -2.27. The van der Waals surface area contributed by atoms with Crippen LogP contribution in [0.1, 0.15) is 42.8 Å². The van der Waals surface area contributed by atoms with Gasteiger partial charge in [0, 0.05) is 19.4 Å². The van der Waals surface area contributed by atoms with Crippen molar-refractivity contribution in [2.75, 3.05) is 19.6 Å². The normalized spacial score (nSPS) is 18.0. The fourth-order valence-corrected chi connectivity index (χ4v) is 2.71. The molecule has 1 aliphatic rings. The molecule has 21 heavy (non-hydrogen) atoms. The lowest BCUT2D eigenvalue weighted by molar-refractivity contribution is 0.213. The first-order valence-electron chi connectivity index (χ1n) is 7.64. The number of aryl methyl sites for hydroxylation is 2. The van der Waals surface area contributed by atoms with E-state index in [2.05, 4.69) is 15.0 Å². The van der Waals surface area contributed by atoms with Crippen LogP contribution in [0.2, 0.25) is 0 Å². The van der Waals surface area contributed by atoms with Gasteiger partial charge in [0.25, 0.3) is 0 Å². The van der Waals surface area contributed by atoms with Crippen molar-refractivity contribution >= 4 is 0 Å². The predicted octanol–water partition coefficient (Wildman–Crippen LogP) is 1.93. The van der Waals surface area contributed by atoms with E-state index >= 15 is 0 Å². The molecule has 0 amide bonds. The number of aromatic nitrogens is 2. The third-order valence-corrected chi connectivity index (χ3v) is 3.88. The van der Waals surface area contributed by atoms with E-state index in [4.69, 9.17) is 14.7 Å². The van der Waals surface area contributed by atoms with Crippen LogP contribution in [0, 0.1) is 0 Å². The van der Waals surface area contributed by atoms with Crippen LogP contribution in [0.5, 0.6) is 0 Å². The standard InChI is InChI=1S/C15H22N4O2/c16-13(11-19-8-2-1-3-9-19)15-17-14(21-18-15)7-6-12-5-4-10-20-12/h4-5,10,13H,1-3,6-9,11,16H2. The van der Waals surface area contributed by atoms with Crippen LogP contribution in [-0.4, -0.2) is 34.7 Å². The molecule has 0 saturated carbocycles. The zero-order chi connectivity index (χ0) is 14.5. The largest absolute Gasteiger partial charge is 0.469 e. The van der Waals surface area contributed by atoms with Gasteiger partial charge in [0.1, 0.15) is 5.76 Å². The molecule has 0 radical (unpaired) electrons. The van der Waals surface area contributed by atoms with Gasteiger partial charge in [-0.25, -0.2) is 0 Å². The minimum atomic E-state index is -0.177. The summed E-state index contributed by atoms with van der Waals surface area (Å²) in [5, 5.41) is 4.01. The monoisotopic (exact) mass is 290 g/mol. The van der Waals surface area contributed by atoms with Crippen LogP contribution in [0.4, 0.5) is 0 Å². The number of piperidine rings is 1. The Morgan fingerprint density at radius 1 is 1.24 bits per heavy atom. The van der Waals surface area contributed by atoms with E-state index in [9.17, 15) is 0 Å². The molecule has 0 spiro atoms. The molecular formula is C15H22N4O2. The maximum atomic E-state index is 6.18. The molecule has 0 bridgehead atoms. The molecular weight excluding hydrogens is 268 g/mol. The van der Waals surface area contributed by atoms with Crippen LogP contribution in [0.15, 0.2) is 27.3 Å². The minimum absolute atomic E-state index is 0.177. The molecule has 1 unspecified atom stereocenters. The van der Waals surface area contributed by atoms with E-state index < -0.39 is 0 Å². The van der Waals surface area contributed by atoms with Crippen LogP contribution in [0.3, 0.4) is 0 Å². The van der Waals surface area contributed by atoms with Crippen LogP contribution in [-0.2, 0) is 12.8 Å². The number of likely N-dealkylation sites (tertiary alicyclic amines) is 1. The number of nitrogens with zero attached hydrogens (tertiary/aromatic N) is 3. The second-order valence-corrected chi connectivity index (χ2v) is 5.59. The third kappa shape index (κ3) is 3.92. The number of furan rings is 1. The molecule has 1 atom stereocenters. The Bertz CT molecular complexity index is 532. The summed E-state index contributed by atoms with van der Waals surface area (Å²) in [6.45, 7) is 3.05. The topological polar surface area (TPSA) is 81.3 Å². The summed E-state index contributed by atoms with van der Waals surface area (Å²) >= 11 is 0. The molecule has 0 aromatic carbocycles. The van der Waals surface area contributed by atoms with Crippen molar-refractivity contribution in [3.8, 4) is 0 Å². The highest BCUT2D eigenvalue weighted by Gasteiger charge is 2.19. The predicted molar refractivity (Wildman–Crippen MR) is 77.6 cm³/mol. The van der Waals surface area contributed by atoms with Gasteiger partial charge in [-0.05, 0) is 38.1 Å². The second-order valence-electron chi connectivity index (χ2n) is 5.59. The van der Waals surface area contributed by atoms with E-state index in [1.165, 1.54) is 19.3 Å². The number of hydrogen-bond donors (Lipinski definition) is 1. The van der Waals surface area contributed by atoms with E-state index in [0.29, 0.717) is 18.1 Å². The van der Waals surface area contributed by atoms with Gasteiger partial charge >= 0.3 is 0 Å². The van der Waals surface area contributed by atoms with Crippen LogP contribution in [0.25, 0.3) is 0 Å². The molecule has 3 heterocycles. The van der Waals surface area contributed by atoms with E-state index in [1.54, 1.807) is 6.26 Å². The summed E-state index contributed by atoms with van der Waals surface area (Å²) in [6, 6.07) is 3.65. The molecule has 6 nitrogen and oxygen atoms in total. The van der Waals surface area contributed by atoms with Crippen molar-refractivity contribution < 1.29 is 8.94 Å². The molecule has 2 N–H and O–H groups in total. The van der Waals surface area contributed by atoms with Gasteiger partial charge in [-0.3, -0.25) is 0 Å². The average Bonchev–Trinajstić information content (AvgIpc) is 3.18. The summed E-state index contributed by atoms with van der Waals surface area (Å²) in [5.74, 6) is 2.15. The Morgan fingerprint density at radius 3 is 2.86 bits per heavy atom. The second kappa shape index (κ2) is 6.87. The van der Waals surface area contributed by atoms with Gasteiger partial charge in [-0.15, -0.1) is 0 Å². The summed E-state index contributed by atoms with van der Waals surface area (Å²) in [5.41, 5.74) is 6.18. The first-order valence-corrected chi connectivity index (χ1v) is 7.64.